The van der Waals surface area contributed by atoms with E-state index in [0.29, 0.717) is 5.56 Å². The van der Waals surface area contributed by atoms with Crippen molar-refractivity contribution in [1.29, 1.82) is 0 Å². The van der Waals surface area contributed by atoms with Gasteiger partial charge in [-0.1, -0.05) is 26.0 Å². The number of benzene rings is 1. The van der Waals surface area contributed by atoms with Crippen LogP contribution in [0.1, 0.15) is 46.5 Å². The van der Waals surface area contributed by atoms with Gasteiger partial charge in [0, 0.05) is 11.9 Å². The van der Waals surface area contributed by atoms with E-state index in [1.807, 2.05) is 49.7 Å². The minimum atomic E-state index is -0.235. The Morgan fingerprint density at radius 3 is 2.62 bits per heavy atom. The lowest BCUT2D eigenvalue weighted by Crippen LogP contribution is -2.34. The van der Waals surface area contributed by atoms with Gasteiger partial charge in [-0.3, -0.25) is 4.79 Å². The normalized spacial score (nSPS) is 12.6. The molecular weight excluding hydrogens is 386 g/mol. The molecule has 0 fully saturated rings. The van der Waals surface area contributed by atoms with Crippen molar-refractivity contribution in [2.45, 2.75) is 33.7 Å². The van der Waals surface area contributed by atoms with Gasteiger partial charge in [-0.15, -0.1) is 16.4 Å². The average molecular weight is 410 g/mol. The quantitative estimate of drug-likeness (QED) is 0.546. The maximum Gasteiger partial charge on any atom is 0.255 e. The van der Waals surface area contributed by atoms with Crippen LogP contribution in [0.2, 0.25) is 0 Å². The number of aryl methyl sites for hydroxylation is 2. The zero-order valence-electron chi connectivity index (χ0n) is 17.0. The second-order valence-electron chi connectivity index (χ2n) is 7.43. The van der Waals surface area contributed by atoms with Crippen LogP contribution in [0, 0.1) is 19.8 Å². The first kappa shape index (κ1) is 19.3. The van der Waals surface area contributed by atoms with Crippen LogP contribution in [-0.4, -0.2) is 35.7 Å². The van der Waals surface area contributed by atoms with Crippen molar-refractivity contribution in [1.82, 2.24) is 35.1 Å². The molecule has 0 spiro atoms. The third-order valence-corrected chi connectivity index (χ3v) is 6.40. The molecule has 4 rings (SSSR count). The summed E-state index contributed by atoms with van der Waals surface area (Å²) in [5, 5.41) is 15.3. The number of rotatable bonds is 5. The number of amides is 1. The number of carbonyl (C=O) groups excluding carboxylic acids is 1. The zero-order valence-corrected chi connectivity index (χ0v) is 17.9. The molecule has 1 amide bonds. The fourth-order valence-corrected chi connectivity index (χ4v) is 4.55. The number of hydrogen-bond acceptors (Lipinski definition) is 6. The number of para-hydroxylation sites is 2. The third kappa shape index (κ3) is 3.31. The number of thiophene rings is 1. The Morgan fingerprint density at radius 1 is 1.21 bits per heavy atom. The van der Waals surface area contributed by atoms with Crippen molar-refractivity contribution in [3.8, 4) is 5.00 Å². The van der Waals surface area contributed by atoms with Crippen LogP contribution in [0.25, 0.3) is 16.0 Å². The van der Waals surface area contributed by atoms with Crippen LogP contribution < -0.4 is 5.32 Å². The fraction of sp³-hybridized carbons (Fsp3) is 0.350. The highest BCUT2D eigenvalue weighted by molar-refractivity contribution is 7.15. The van der Waals surface area contributed by atoms with Crippen LogP contribution >= 0.6 is 11.3 Å². The molecule has 0 aliphatic carbocycles. The van der Waals surface area contributed by atoms with E-state index >= 15 is 0 Å². The van der Waals surface area contributed by atoms with Crippen molar-refractivity contribution < 1.29 is 4.79 Å². The molecule has 3 heterocycles. The summed E-state index contributed by atoms with van der Waals surface area (Å²) < 4.78 is 3.59. The Morgan fingerprint density at radius 2 is 1.97 bits per heavy atom. The fourth-order valence-electron chi connectivity index (χ4n) is 3.48. The highest BCUT2D eigenvalue weighted by atomic mass is 32.1. The maximum atomic E-state index is 13.4. The Balaban J connectivity index is 1.73. The lowest BCUT2D eigenvalue weighted by molar-refractivity contribution is 0.0922. The van der Waals surface area contributed by atoms with Crippen LogP contribution in [0.3, 0.4) is 0 Å². The molecule has 9 heteroatoms. The number of tetrazole rings is 1. The molecule has 8 nitrogen and oxygen atoms in total. The van der Waals surface area contributed by atoms with Gasteiger partial charge in [0.05, 0.1) is 22.6 Å². The first-order chi connectivity index (χ1) is 13.9. The van der Waals surface area contributed by atoms with E-state index in [2.05, 4.69) is 34.7 Å². The standard InChI is InChI=1S/C20H23N7OS/c1-11(2)17(18-22-14-8-6-7-9-15(14)26(18)5)23-19(28)16-12(3)13(4)29-20(16)27-10-21-24-25-27/h6-11,17H,1-5H3,(H,23,28). The number of nitrogens with zero attached hydrogens (tertiary/aromatic N) is 6. The van der Waals surface area contributed by atoms with Crippen molar-refractivity contribution in [2.75, 3.05) is 0 Å². The van der Waals surface area contributed by atoms with Gasteiger partial charge in [-0.05, 0) is 47.9 Å². The topological polar surface area (TPSA) is 90.5 Å². The second-order valence-corrected chi connectivity index (χ2v) is 8.63. The monoisotopic (exact) mass is 409 g/mol. The average Bonchev–Trinajstić information content (AvgIpc) is 3.40. The minimum absolute atomic E-state index is 0.150. The predicted molar refractivity (Wildman–Crippen MR) is 112 cm³/mol. The first-order valence-corrected chi connectivity index (χ1v) is 10.3. The Bertz CT molecular complexity index is 1170. The molecule has 150 valence electrons. The first-order valence-electron chi connectivity index (χ1n) is 9.44. The van der Waals surface area contributed by atoms with Crippen molar-refractivity contribution in [2.24, 2.45) is 13.0 Å². The van der Waals surface area contributed by atoms with Gasteiger partial charge >= 0.3 is 0 Å². The molecule has 1 atom stereocenters. The van der Waals surface area contributed by atoms with E-state index < -0.39 is 0 Å². The predicted octanol–water partition coefficient (Wildman–Crippen LogP) is 3.35. The van der Waals surface area contributed by atoms with Gasteiger partial charge in [-0.25, -0.2) is 4.98 Å². The van der Waals surface area contributed by atoms with E-state index in [4.69, 9.17) is 4.98 Å². The lowest BCUT2D eigenvalue weighted by atomic mass is 10.0. The van der Waals surface area contributed by atoms with Crippen molar-refractivity contribution in [3.05, 3.63) is 52.4 Å². The molecule has 1 N–H and O–H groups in total. The van der Waals surface area contributed by atoms with E-state index in [-0.39, 0.29) is 17.9 Å². The summed E-state index contributed by atoms with van der Waals surface area (Å²) in [7, 11) is 1.98. The summed E-state index contributed by atoms with van der Waals surface area (Å²) in [6, 6.07) is 7.75. The molecular formula is C20H23N7OS. The molecule has 0 aliphatic heterocycles. The van der Waals surface area contributed by atoms with Gasteiger partial charge in [0.15, 0.2) is 0 Å². The number of carbonyl (C=O) groups is 1. The summed E-state index contributed by atoms with van der Waals surface area (Å²) in [4.78, 5) is 19.2. The third-order valence-electron chi connectivity index (χ3n) is 5.20. The Labute approximate surface area is 172 Å². The summed E-state index contributed by atoms with van der Waals surface area (Å²) in [5.41, 5.74) is 3.50. The van der Waals surface area contributed by atoms with Crippen LogP contribution in [-0.2, 0) is 7.05 Å². The van der Waals surface area contributed by atoms with E-state index in [0.717, 1.165) is 32.3 Å². The molecule has 1 unspecified atom stereocenters. The van der Waals surface area contributed by atoms with Crippen LogP contribution in [0.5, 0.6) is 0 Å². The second kappa shape index (κ2) is 7.40. The molecule has 0 saturated heterocycles. The van der Waals surface area contributed by atoms with Crippen LogP contribution in [0.4, 0.5) is 0 Å². The van der Waals surface area contributed by atoms with E-state index in [1.165, 1.54) is 17.7 Å². The number of hydrogen-bond donors (Lipinski definition) is 1. The molecule has 3 aromatic heterocycles. The summed E-state index contributed by atoms with van der Waals surface area (Å²) >= 11 is 1.50. The van der Waals surface area contributed by atoms with Gasteiger partial charge in [-0.2, -0.15) is 4.68 Å². The number of aromatic nitrogens is 6. The summed E-state index contributed by atoms with van der Waals surface area (Å²) in [5.74, 6) is 0.845. The maximum absolute atomic E-state index is 13.4. The highest BCUT2D eigenvalue weighted by Gasteiger charge is 2.28. The summed E-state index contributed by atoms with van der Waals surface area (Å²) in [6.45, 7) is 8.11. The van der Waals surface area contributed by atoms with Gasteiger partial charge in [0.25, 0.3) is 5.91 Å². The van der Waals surface area contributed by atoms with E-state index in [1.54, 1.807) is 4.68 Å². The summed E-state index contributed by atoms with van der Waals surface area (Å²) in [6.07, 6.45) is 1.51. The molecule has 0 saturated carbocycles. The largest absolute Gasteiger partial charge is 0.342 e. The molecule has 0 aliphatic rings. The Kier molecular flexibility index (Phi) is 4.91. The molecule has 0 bridgehead atoms. The number of imidazole rings is 1. The van der Waals surface area contributed by atoms with Crippen LogP contribution in [0.15, 0.2) is 30.6 Å². The van der Waals surface area contributed by atoms with Gasteiger partial charge in [0.1, 0.15) is 17.2 Å². The number of nitrogens with one attached hydrogen (secondary N) is 1. The molecule has 29 heavy (non-hydrogen) atoms. The smallest absolute Gasteiger partial charge is 0.255 e. The Hall–Kier alpha value is -3.07. The molecule has 4 aromatic rings. The van der Waals surface area contributed by atoms with Gasteiger partial charge in [0.2, 0.25) is 0 Å². The lowest BCUT2D eigenvalue weighted by Gasteiger charge is -2.22. The van der Waals surface area contributed by atoms with Crippen molar-refractivity contribution >= 4 is 28.3 Å². The SMILES string of the molecule is Cc1sc(-n2cnnn2)c(C(=O)NC(c2nc3ccccc3n2C)C(C)C)c1C. The highest BCUT2D eigenvalue weighted by Crippen LogP contribution is 2.31. The number of fused-ring (bicyclic) bond motifs is 1. The molecule has 1 aromatic carbocycles. The van der Waals surface area contributed by atoms with E-state index in [9.17, 15) is 4.79 Å². The zero-order chi connectivity index (χ0) is 20.7. The minimum Gasteiger partial charge on any atom is -0.342 e. The molecule has 0 radical (unpaired) electrons. The van der Waals surface area contributed by atoms with Crippen molar-refractivity contribution in [3.63, 3.8) is 0 Å². The van der Waals surface area contributed by atoms with Gasteiger partial charge < -0.3 is 9.88 Å².